The van der Waals surface area contributed by atoms with Gasteiger partial charge in [0.05, 0.1) is 28.4 Å². The first-order chi connectivity index (χ1) is 12.7. The van der Waals surface area contributed by atoms with E-state index in [0.29, 0.717) is 30.3 Å². The zero-order chi connectivity index (χ0) is 20.0. The molecule has 144 valence electrons. The molecule has 1 aromatic carbocycles. The molecule has 0 bridgehead atoms. The number of rotatable bonds is 7. The van der Waals surface area contributed by atoms with E-state index in [1.165, 1.54) is 18.3 Å². The average Bonchev–Trinajstić information content (AvgIpc) is 2.60. The van der Waals surface area contributed by atoms with Crippen molar-refractivity contribution in [3.05, 3.63) is 57.8 Å². The lowest BCUT2D eigenvalue weighted by atomic mass is 10.1. The van der Waals surface area contributed by atoms with Crippen molar-refractivity contribution in [3.8, 4) is 5.88 Å². The quantitative estimate of drug-likeness (QED) is 0.450. The predicted molar refractivity (Wildman–Crippen MR) is 101 cm³/mol. The number of nitrogens with one attached hydrogen (secondary N) is 1. The summed E-state index contributed by atoms with van der Waals surface area (Å²) in [5, 5.41) is 13.5. The molecule has 2 rings (SSSR count). The number of amides is 1. The molecule has 2 aromatic rings. The first kappa shape index (κ1) is 20.3. The molecule has 27 heavy (non-hydrogen) atoms. The topological polar surface area (TPSA) is 104 Å². The van der Waals surface area contributed by atoms with Gasteiger partial charge in [0, 0.05) is 24.4 Å². The van der Waals surface area contributed by atoms with Crippen molar-refractivity contribution in [2.45, 2.75) is 33.3 Å². The van der Waals surface area contributed by atoms with Crippen LogP contribution >= 0.6 is 0 Å². The van der Waals surface area contributed by atoms with Crippen molar-refractivity contribution in [1.82, 2.24) is 4.98 Å². The Bertz CT molecular complexity index is 813. The fourth-order valence-electron chi connectivity index (χ4n) is 2.15. The number of carbonyl (C=O) groups excluding carboxylic acids is 1. The van der Waals surface area contributed by atoms with E-state index in [4.69, 9.17) is 9.47 Å². The van der Waals surface area contributed by atoms with Crippen LogP contribution in [0, 0.1) is 17.0 Å². The van der Waals surface area contributed by atoms with Gasteiger partial charge in [0.15, 0.2) is 0 Å². The molecule has 8 heteroatoms. The zero-order valence-electron chi connectivity index (χ0n) is 15.8. The Balaban J connectivity index is 1.96. The van der Waals surface area contributed by atoms with Gasteiger partial charge in [-0.25, -0.2) is 4.98 Å². The Kier molecular flexibility index (Phi) is 6.46. The second-order valence-electron chi connectivity index (χ2n) is 6.90. The molecule has 0 aliphatic heterocycles. The smallest absolute Gasteiger partial charge is 0.271 e. The Labute approximate surface area is 157 Å². The van der Waals surface area contributed by atoms with Gasteiger partial charge in [-0.2, -0.15) is 0 Å². The highest BCUT2D eigenvalue weighted by Crippen LogP contribution is 2.22. The number of nitro benzene ring substituents is 1. The van der Waals surface area contributed by atoms with Gasteiger partial charge in [0.1, 0.15) is 6.61 Å². The number of anilines is 1. The standard InChI is InChI=1S/C19H23N3O5/c1-13-5-7-15(22(24)25)11-16(13)21-18(23)14-6-8-17(20-12-14)26-9-10-27-19(2,3)4/h5-8,11-12H,9-10H2,1-4H3,(H,21,23). The van der Waals surface area contributed by atoms with E-state index in [9.17, 15) is 14.9 Å². The van der Waals surface area contributed by atoms with Gasteiger partial charge in [-0.1, -0.05) is 6.07 Å². The molecule has 0 radical (unpaired) electrons. The summed E-state index contributed by atoms with van der Waals surface area (Å²) in [5.41, 5.74) is 1.10. The number of aryl methyl sites for hydroxylation is 1. The molecule has 1 heterocycles. The third-order valence-corrected chi connectivity index (χ3v) is 3.55. The monoisotopic (exact) mass is 373 g/mol. The number of pyridine rings is 1. The van der Waals surface area contributed by atoms with Crippen LogP contribution in [0.5, 0.6) is 5.88 Å². The molecular weight excluding hydrogens is 350 g/mol. The highest BCUT2D eigenvalue weighted by atomic mass is 16.6. The van der Waals surface area contributed by atoms with E-state index in [1.807, 2.05) is 20.8 Å². The third-order valence-electron chi connectivity index (χ3n) is 3.55. The molecule has 1 aromatic heterocycles. The van der Waals surface area contributed by atoms with Crippen LogP contribution in [0.3, 0.4) is 0 Å². The molecule has 1 amide bonds. The number of nitrogens with zero attached hydrogens (tertiary/aromatic N) is 2. The number of benzene rings is 1. The first-order valence-electron chi connectivity index (χ1n) is 8.45. The lowest BCUT2D eigenvalue weighted by molar-refractivity contribution is -0.384. The lowest BCUT2D eigenvalue weighted by Gasteiger charge is -2.19. The Hall–Kier alpha value is -3.00. The Morgan fingerprint density at radius 3 is 2.56 bits per heavy atom. The summed E-state index contributed by atoms with van der Waals surface area (Å²) in [4.78, 5) is 26.8. The third kappa shape index (κ3) is 6.34. The molecule has 0 fully saturated rings. The fourth-order valence-corrected chi connectivity index (χ4v) is 2.15. The minimum absolute atomic E-state index is 0.0877. The van der Waals surface area contributed by atoms with Gasteiger partial charge < -0.3 is 14.8 Å². The molecule has 8 nitrogen and oxygen atoms in total. The van der Waals surface area contributed by atoms with Gasteiger partial charge in [-0.15, -0.1) is 0 Å². The summed E-state index contributed by atoms with van der Waals surface area (Å²) in [5.74, 6) is -0.0238. The minimum Gasteiger partial charge on any atom is -0.475 e. The molecule has 0 aliphatic rings. The van der Waals surface area contributed by atoms with Gasteiger partial charge in [-0.05, 0) is 39.3 Å². The summed E-state index contributed by atoms with van der Waals surface area (Å²) in [6.07, 6.45) is 1.39. The number of nitro groups is 1. The lowest BCUT2D eigenvalue weighted by Crippen LogP contribution is -2.22. The molecule has 0 spiro atoms. The van der Waals surface area contributed by atoms with Gasteiger partial charge in [-0.3, -0.25) is 14.9 Å². The maximum Gasteiger partial charge on any atom is 0.271 e. The van der Waals surface area contributed by atoms with Crippen LogP contribution in [0.25, 0.3) is 0 Å². The molecular formula is C19H23N3O5. The van der Waals surface area contributed by atoms with Crippen molar-refractivity contribution >= 4 is 17.3 Å². The molecule has 0 atom stereocenters. The van der Waals surface area contributed by atoms with Crippen LogP contribution in [0.2, 0.25) is 0 Å². The summed E-state index contributed by atoms with van der Waals surface area (Å²) < 4.78 is 11.0. The number of hydrogen-bond acceptors (Lipinski definition) is 6. The van der Waals surface area contributed by atoms with Crippen molar-refractivity contribution in [1.29, 1.82) is 0 Å². The summed E-state index contributed by atoms with van der Waals surface area (Å²) >= 11 is 0. The van der Waals surface area contributed by atoms with Gasteiger partial charge in [0.25, 0.3) is 11.6 Å². The van der Waals surface area contributed by atoms with Crippen molar-refractivity contribution < 1.29 is 19.2 Å². The van der Waals surface area contributed by atoms with Crippen LogP contribution in [0.1, 0.15) is 36.7 Å². The fraction of sp³-hybridized carbons (Fsp3) is 0.368. The molecule has 0 unspecified atom stereocenters. The summed E-state index contributed by atoms with van der Waals surface area (Å²) in [6.45, 7) is 8.42. The van der Waals surface area contributed by atoms with E-state index in [0.717, 1.165) is 5.56 Å². The first-order valence-corrected chi connectivity index (χ1v) is 8.45. The minimum atomic E-state index is -0.508. The number of ether oxygens (including phenoxy) is 2. The number of carbonyl (C=O) groups is 1. The number of non-ortho nitro benzene ring substituents is 1. The largest absolute Gasteiger partial charge is 0.475 e. The Morgan fingerprint density at radius 2 is 1.96 bits per heavy atom. The van der Waals surface area contributed by atoms with Gasteiger partial charge in [0.2, 0.25) is 5.88 Å². The normalized spacial score (nSPS) is 11.1. The van der Waals surface area contributed by atoms with E-state index in [-0.39, 0.29) is 11.3 Å². The second kappa shape index (κ2) is 8.59. The van der Waals surface area contributed by atoms with Crippen LogP contribution in [0.15, 0.2) is 36.5 Å². The highest BCUT2D eigenvalue weighted by Gasteiger charge is 2.13. The molecule has 0 aliphatic carbocycles. The van der Waals surface area contributed by atoms with Crippen molar-refractivity contribution in [2.24, 2.45) is 0 Å². The van der Waals surface area contributed by atoms with E-state index < -0.39 is 10.8 Å². The van der Waals surface area contributed by atoms with Crippen molar-refractivity contribution in [2.75, 3.05) is 18.5 Å². The average molecular weight is 373 g/mol. The maximum absolute atomic E-state index is 12.3. The van der Waals surface area contributed by atoms with E-state index in [2.05, 4.69) is 10.3 Å². The van der Waals surface area contributed by atoms with Crippen LogP contribution in [-0.2, 0) is 4.74 Å². The number of aromatic nitrogens is 1. The highest BCUT2D eigenvalue weighted by molar-refractivity contribution is 6.04. The molecule has 0 saturated heterocycles. The zero-order valence-corrected chi connectivity index (χ0v) is 15.8. The van der Waals surface area contributed by atoms with Gasteiger partial charge >= 0.3 is 0 Å². The van der Waals surface area contributed by atoms with E-state index in [1.54, 1.807) is 25.1 Å². The predicted octanol–water partition coefficient (Wildman–Crippen LogP) is 3.74. The molecule has 1 N–H and O–H groups in total. The number of hydrogen-bond donors (Lipinski definition) is 1. The summed E-state index contributed by atoms with van der Waals surface area (Å²) in [7, 11) is 0. The van der Waals surface area contributed by atoms with E-state index >= 15 is 0 Å². The van der Waals surface area contributed by atoms with Crippen LogP contribution in [-0.4, -0.2) is 34.6 Å². The van der Waals surface area contributed by atoms with Crippen LogP contribution < -0.4 is 10.1 Å². The van der Waals surface area contributed by atoms with Crippen molar-refractivity contribution in [3.63, 3.8) is 0 Å². The maximum atomic E-state index is 12.3. The molecule has 0 saturated carbocycles. The SMILES string of the molecule is Cc1ccc([N+](=O)[O-])cc1NC(=O)c1ccc(OCCOC(C)(C)C)nc1. The van der Waals surface area contributed by atoms with Crippen LogP contribution in [0.4, 0.5) is 11.4 Å². The Morgan fingerprint density at radius 1 is 1.22 bits per heavy atom. The second-order valence-corrected chi connectivity index (χ2v) is 6.90. The summed E-state index contributed by atoms with van der Waals surface area (Å²) in [6, 6.07) is 7.47.